The predicted molar refractivity (Wildman–Crippen MR) is 84.5 cm³/mol. The molecule has 0 saturated carbocycles. The van der Waals surface area contributed by atoms with Gasteiger partial charge in [-0.05, 0) is 43.7 Å². The molecule has 23 heavy (non-hydrogen) atoms. The second-order valence-electron chi connectivity index (χ2n) is 5.22. The lowest BCUT2D eigenvalue weighted by atomic mass is 10.1. The molecule has 0 bridgehead atoms. The highest BCUT2D eigenvalue weighted by Crippen LogP contribution is 2.17. The minimum Gasteiger partial charge on any atom is -0.465 e. The molecule has 0 saturated heterocycles. The van der Waals surface area contributed by atoms with Crippen molar-refractivity contribution in [1.29, 1.82) is 0 Å². The minimum atomic E-state index is -3.69. The number of carbonyl (C=O) groups excluding carboxylic acids is 1. The maximum absolute atomic E-state index is 12.5. The van der Waals surface area contributed by atoms with Gasteiger partial charge in [0.25, 0.3) is 0 Å². The highest BCUT2D eigenvalue weighted by Gasteiger charge is 2.21. The molecule has 124 valence electrons. The Morgan fingerprint density at radius 2 is 2.17 bits per heavy atom. The summed E-state index contributed by atoms with van der Waals surface area (Å²) in [5.41, 5.74) is 0.792. The van der Waals surface area contributed by atoms with Crippen molar-refractivity contribution in [3.05, 3.63) is 47.8 Å². The molecule has 0 fully saturated rings. The summed E-state index contributed by atoms with van der Waals surface area (Å²) in [5.74, 6) is -0.503. The van der Waals surface area contributed by atoms with Gasteiger partial charge in [0.15, 0.2) is 0 Å². The van der Waals surface area contributed by atoms with Crippen LogP contribution in [-0.2, 0) is 21.3 Å². The molecule has 1 heterocycles. The Balaban J connectivity index is 2.17. The highest BCUT2D eigenvalue weighted by molar-refractivity contribution is 7.89. The average molecular weight is 337 g/mol. The van der Waals surface area contributed by atoms with Gasteiger partial charge in [0, 0.05) is 18.4 Å². The van der Waals surface area contributed by atoms with Crippen molar-refractivity contribution < 1.29 is 17.9 Å². The summed E-state index contributed by atoms with van der Waals surface area (Å²) in [6.45, 7) is 3.82. The van der Waals surface area contributed by atoms with Crippen molar-refractivity contribution >= 4 is 16.0 Å². The Hall–Kier alpha value is -2.19. The topological polar surface area (TPSA) is 90.3 Å². The highest BCUT2D eigenvalue weighted by atomic mass is 32.2. The molecule has 1 atom stereocenters. The van der Waals surface area contributed by atoms with Crippen molar-refractivity contribution in [3.8, 4) is 0 Å². The van der Waals surface area contributed by atoms with Crippen molar-refractivity contribution in [3.63, 3.8) is 0 Å². The van der Waals surface area contributed by atoms with E-state index in [0.717, 1.165) is 0 Å². The molecule has 1 aromatic carbocycles. The summed E-state index contributed by atoms with van der Waals surface area (Å²) in [5, 5.41) is 4.05. The number of aryl methyl sites for hydroxylation is 1. The molecular formula is C15H19N3O4S. The van der Waals surface area contributed by atoms with E-state index in [1.165, 1.54) is 25.3 Å². The normalized spacial score (nSPS) is 12.8. The van der Waals surface area contributed by atoms with Crippen LogP contribution in [0.3, 0.4) is 0 Å². The van der Waals surface area contributed by atoms with Gasteiger partial charge >= 0.3 is 5.97 Å². The third kappa shape index (κ3) is 4.17. The number of rotatable bonds is 6. The number of benzene rings is 1. The fourth-order valence-corrected chi connectivity index (χ4v) is 3.71. The first kappa shape index (κ1) is 17.2. The number of ether oxygens (including phenoxy) is 1. The van der Waals surface area contributed by atoms with Crippen LogP contribution >= 0.6 is 0 Å². The van der Waals surface area contributed by atoms with Gasteiger partial charge in [-0.25, -0.2) is 17.9 Å². The molecule has 7 nitrogen and oxygen atoms in total. The fourth-order valence-electron chi connectivity index (χ4n) is 2.25. The molecular weight excluding hydrogens is 318 g/mol. The third-order valence-electron chi connectivity index (χ3n) is 3.26. The summed E-state index contributed by atoms with van der Waals surface area (Å²) < 4.78 is 33.9. The molecule has 0 aliphatic heterocycles. The van der Waals surface area contributed by atoms with Crippen molar-refractivity contribution in [1.82, 2.24) is 14.5 Å². The van der Waals surface area contributed by atoms with Gasteiger partial charge < -0.3 is 4.74 Å². The number of methoxy groups -OCH3 is 1. The second-order valence-corrected chi connectivity index (χ2v) is 6.90. The van der Waals surface area contributed by atoms with Gasteiger partial charge in [0.2, 0.25) is 10.0 Å². The van der Waals surface area contributed by atoms with Crippen LogP contribution in [0.2, 0.25) is 0 Å². The van der Waals surface area contributed by atoms with Gasteiger partial charge in [-0.3, -0.25) is 4.68 Å². The zero-order valence-corrected chi connectivity index (χ0v) is 14.0. The first-order valence-electron chi connectivity index (χ1n) is 7.02. The number of aromatic nitrogens is 2. The van der Waals surface area contributed by atoms with E-state index in [9.17, 15) is 13.2 Å². The van der Waals surface area contributed by atoms with E-state index < -0.39 is 16.0 Å². The largest absolute Gasteiger partial charge is 0.465 e. The molecule has 8 heteroatoms. The maximum atomic E-state index is 12.5. The van der Waals surface area contributed by atoms with E-state index in [0.29, 0.717) is 17.7 Å². The zero-order chi connectivity index (χ0) is 17.0. The Morgan fingerprint density at radius 1 is 1.43 bits per heavy atom. The molecule has 0 radical (unpaired) electrons. The molecule has 0 amide bonds. The lowest BCUT2D eigenvalue weighted by molar-refractivity contribution is 0.0600. The van der Waals surface area contributed by atoms with Crippen LogP contribution in [0, 0.1) is 6.92 Å². The van der Waals surface area contributed by atoms with E-state index in [2.05, 4.69) is 14.6 Å². The van der Waals surface area contributed by atoms with Gasteiger partial charge in [-0.15, -0.1) is 0 Å². The summed E-state index contributed by atoms with van der Waals surface area (Å²) >= 11 is 0. The van der Waals surface area contributed by atoms with E-state index >= 15 is 0 Å². The molecule has 2 rings (SSSR count). The Morgan fingerprint density at radius 3 is 2.74 bits per heavy atom. The number of hydrogen-bond acceptors (Lipinski definition) is 5. The number of esters is 1. The minimum absolute atomic E-state index is 0.137. The van der Waals surface area contributed by atoms with Gasteiger partial charge in [0.05, 0.1) is 24.1 Å². The van der Waals surface area contributed by atoms with Crippen LogP contribution in [0.5, 0.6) is 0 Å². The van der Waals surface area contributed by atoms with Crippen LogP contribution in [-0.4, -0.2) is 37.3 Å². The second kappa shape index (κ2) is 6.93. The summed E-state index contributed by atoms with van der Waals surface area (Å²) in [7, 11) is -2.41. The molecule has 0 unspecified atom stereocenters. The lowest BCUT2D eigenvalue weighted by Gasteiger charge is -2.16. The number of nitrogens with one attached hydrogen (secondary N) is 1. The smallest absolute Gasteiger partial charge is 0.337 e. The molecule has 1 aromatic heterocycles. The number of carbonyl (C=O) groups is 1. The number of hydrogen-bond donors (Lipinski definition) is 1. The molecule has 0 aliphatic carbocycles. The molecule has 0 aliphatic rings. The van der Waals surface area contributed by atoms with Crippen molar-refractivity contribution in [2.75, 3.05) is 7.11 Å². The standard InChI is InChI=1S/C15H19N3O4S/c1-11-9-13(15(19)22-3)5-6-14(11)23(20,21)17-12(2)10-18-8-4-7-16-18/h4-9,12,17H,10H2,1-3H3/t12-/m1/s1. The Labute approximate surface area is 135 Å². The summed E-state index contributed by atoms with van der Waals surface area (Å²) in [4.78, 5) is 11.6. The third-order valence-corrected chi connectivity index (χ3v) is 5.01. The van der Waals surface area contributed by atoms with Gasteiger partial charge in [-0.2, -0.15) is 5.10 Å². The predicted octanol–water partition coefficient (Wildman–Crippen LogP) is 1.35. The number of sulfonamides is 1. The maximum Gasteiger partial charge on any atom is 0.337 e. The van der Waals surface area contributed by atoms with Crippen LogP contribution in [0.4, 0.5) is 0 Å². The summed E-state index contributed by atoms with van der Waals surface area (Å²) in [6.07, 6.45) is 3.40. The van der Waals surface area contributed by atoms with Crippen LogP contribution in [0.15, 0.2) is 41.6 Å². The lowest BCUT2D eigenvalue weighted by Crippen LogP contribution is -2.36. The van der Waals surface area contributed by atoms with Gasteiger partial charge in [-0.1, -0.05) is 0 Å². The first-order valence-corrected chi connectivity index (χ1v) is 8.50. The van der Waals surface area contributed by atoms with Gasteiger partial charge in [0.1, 0.15) is 0 Å². The van der Waals surface area contributed by atoms with E-state index in [-0.39, 0.29) is 10.9 Å². The quantitative estimate of drug-likeness (QED) is 0.804. The molecule has 2 aromatic rings. The van der Waals surface area contributed by atoms with E-state index in [1.54, 1.807) is 37.0 Å². The van der Waals surface area contributed by atoms with Crippen molar-refractivity contribution in [2.24, 2.45) is 0 Å². The SMILES string of the molecule is COC(=O)c1ccc(S(=O)(=O)N[C@H](C)Cn2cccn2)c(C)c1. The monoisotopic (exact) mass is 337 g/mol. The molecule has 1 N–H and O–H groups in total. The van der Waals surface area contributed by atoms with Crippen LogP contribution < -0.4 is 4.72 Å². The fraction of sp³-hybridized carbons (Fsp3) is 0.333. The first-order chi connectivity index (χ1) is 10.8. The Kier molecular flexibility index (Phi) is 5.17. The average Bonchev–Trinajstić information content (AvgIpc) is 2.98. The van der Waals surface area contributed by atoms with Crippen LogP contribution in [0.25, 0.3) is 0 Å². The zero-order valence-electron chi connectivity index (χ0n) is 13.2. The van der Waals surface area contributed by atoms with Crippen LogP contribution in [0.1, 0.15) is 22.8 Å². The molecule has 0 spiro atoms. The van der Waals surface area contributed by atoms with Crippen molar-refractivity contribution in [2.45, 2.75) is 31.3 Å². The van der Waals surface area contributed by atoms with E-state index in [1.807, 2.05) is 0 Å². The Bertz CT molecular complexity index is 785. The van der Waals surface area contributed by atoms with E-state index in [4.69, 9.17) is 0 Å². The number of nitrogens with zero attached hydrogens (tertiary/aromatic N) is 2. The summed E-state index contributed by atoms with van der Waals surface area (Å²) in [6, 6.07) is 5.78.